The molecule has 8 heteroatoms. The van der Waals surface area contributed by atoms with Gasteiger partial charge in [0, 0.05) is 12.7 Å². The van der Waals surface area contributed by atoms with E-state index in [-0.39, 0.29) is 18.6 Å². The van der Waals surface area contributed by atoms with E-state index in [1.165, 1.54) is 6.26 Å². The van der Waals surface area contributed by atoms with Crippen molar-refractivity contribution < 1.29 is 23.2 Å². The summed E-state index contributed by atoms with van der Waals surface area (Å²) in [6.07, 6.45) is 1.46. The molecule has 1 fully saturated rings. The first-order chi connectivity index (χ1) is 12.7. The van der Waals surface area contributed by atoms with Crippen LogP contribution in [0, 0.1) is 0 Å². The van der Waals surface area contributed by atoms with E-state index in [0.717, 1.165) is 11.3 Å². The third-order valence-electron chi connectivity index (χ3n) is 4.02. The van der Waals surface area contributed by atoms with E-state index < -0.39 is 0 Å². The van der Waals surface area contributed by atoms with Crippen LogP contribution in [-0.2, 0) is 11.3 Å². The number of likely N-dealkylation sites (tertiary alicyclic amines) is 1. The van der Waals surface area contributed by atoms with Gasteiger partial charge in [-0.15, -0.1) is 0 Å². The van der Waals surface area contributed by atoms with Crippen molar-refractivity contribution in [1.29, 1.82) is 0 Å². The molecule has 1 aromatic carbocycles. The van der Waals surface area contributed by atoms with Gasteiger partial charge in [-0.1, -0.05) is 5.16 Å². The minimum absolute atomic E-state index is 0.0294. The first-order valence-corrected chi connectivity index (χ1v) is 8.14. The Morgan fingerprint density at radius 1 is 1.27 bits per heavy atom. The number of benzene rings is 1. The summed E-state index contributed by atoms with van der Waals surface area (Å²) in [5.74, 6) is 1.89. The van der Waals surface area contributed by atoms with Crippen LogP contribution in [0.2, 0.25) is 0 Å². The Balaban J connectivity index is 1.32. The topological polar surface area (TPSA) is 90.8 Å². The minimum atomic E-state index is -0.117. The van der Waals surface area contributed by atoms with E-state index in [4.69, 9.17) is 18.4 Å². The van der Waals surface area contributed by atoms with E-state index in [2.05, 4.69) is 10.1 Å². The van der Waals surface area contributed by atoms with Crippen LogP contribution in [0.5, 0.6) is 5.75 Å². The van der Waals surface area contributed by atoms with Crippen molar-refractivity contribution in [3.05, 3.63) is 54.3 Å². The molecule has 134 valence electrons. The first kappa shape index (κ1) is 16.3. The van der Waals surface area contributed by atoms with Gasteiger partial charge in [0.05, 0.1) is 19.4 Å². The molecule has 0 N–H and O–H groups in total. The van der Waals surface area contributed by atoms with Gasteiger partial charge >= 0.3 is 0 Å². The smallest absolute Gasteiger partial charge is 0.289 e. The maximum absolute atomic E-state index is 12.1. The van der Waals surface area contributed by atoms with E-state index in [9.17, 15) is 4.79 Å². The quantitative estimate of drug-likeness (QED) is 0.670. The lowest BCUT2D eigenvalue weighted by molar-refractivity contribution is 0.0155. The number of nitrogens with zero attached hydrogens (tertiary/aromatic N) is 3. The van der Waals surface area contributed by atoms with Crippen molar-refractivity contribution in [3.8, 4) is 17.1 Å². The molecule has 1 saturated heterocycles. The fraction of sp³-hybridized carbons (Fsp3) is 0.278. The summed E-state index contributed by atoms with van der Waals surface area (Å²) in [5.41, 5.74) is 0.826. The second-order valence-corrected chi connectivity index (χ2v) is 5.90. The molecule has 0 radical (unpaired) electrons. The van der Waals surface area contributed by atoms with Gasteiger partial charge in [0.25, 0.3) is 11.8 Å². The van der Waals surface area contributed by atoms with Crippen molar-refractivity contribution in [3.63, 3.8) is 0 Å². The number of hydrogen-bond acceptors (Lipinski definition) is 7. The molecule has 0 bridgehead atoms. The van der Waals surface area contributed by atoms with Gasteiger partial charge in [0.2, 0.25) is 5.82 Å². The van der Waals surface area contributed by atoms with E-state index in [1.54, 1.807) is 24.1 Å². The highest BCUT2D eigenvalue weighted by Gasteiger charge is 2.33. The van der Waals surface area contributed by atoms with Crippen molar-refractivity contribution in [2.45, 2.75) is 12.7 Å². The van der Waals surface area contributed by atoms with E-state index in [1.807, 2.05) is 24.3 Å². The predicted molar refractivity (Wildman–Crippen MR) is 89.5 cm³/mol. The molecule has 1 aliphatic heterocycles. The molecule has 0 aliphatic carbocycles. The first-order valence-electron chi connectivity index (χ1n) is 8.14. The number of ether oxygens (including phenoxy) is 2. The van der Waals surface area contributed by atoms with Crippen molar-refractivity contribution >= 4 is 5.91 Å². The van der Waals surface area contributed by atoms with Gasteiger partial charge < -0.3 is 23.3 Å². The maximum Gasteiger partial charge on any atom is 0.289 e. The van der Waals surface area contributed by atoms with Gasteiger partial charge in [0.15, 0.2) is 5.76 Å². The highest BCUT2D eigenvalue weighted by atomic mass is 16.5. The van der Waals surface area contributed by atoms with Crippen LogP contribution in [0.25, 0.3) is 11.4 Å². The average molecular weight is 355 g/mol. The number of methoxy groups -OCH3 is 1. The van der Waals surface area contributed by atoms with Crippen LogP contribution in [0.15, 0.2) is 51.6 Å². The molecule has 1 aliphatic rings. The largest absolute Gasteiger partial charge is 0.487 e. The van der Waals surface area contributed by atoms with Crippen LogP contribution in [-0.4, -0.2) is 47.3 Å². The second kappa shape index (κ2) is 7.01. The summed E-state index contributed by atoms with van der Waals surface area (Å²) in [5, 5.41) is 3.92. The van der Waals surface area contributed by atoms with Gasteiger partial charge in [-0.25, -0.2) is 0 Å². The van der Waals surface area contributed by atoms with Crippen LogP contribution >= 0.6 is 0 Å². The van der Waals surface area contributed by atoms with Crippen molar-refractivity contribution in [2.75, 3.05) is 20.2 Å². The maximum atomic E-state index is 12.1. The summed E-state index contributed by atoms with van der Waals surface area (Å²) >= 11 is 0. The molecule has 0 spiro atoms. The Morgan fingerprint density at radius 2 is 2.08 bits per heavy atom. The summed E-state index contributed by atoms with van der Waals surface area (Å²) in [6.45, 7) is 1.35. The van der Waals surface area contributed by atoms with Crippen LogP contribution in [0.1, 0.15) is 16.4 Å². The molecule has 0 atom stereocenters. The minimum Gasteiger partial charge on any atom is -0.487 e. The molecule has 4 rings (SSSR count). The Hall–Kier alpha value is -3.13. The zero-order chi connectivity index (χ0) is 17.9. The molecular formula is C18H17N3O5. The zero-order valence-corrected chi connectivity index (χ0v) is 14.1. The number of furan rings is 1. The molecule has 1 amide bonds. The normalized spacial score (nSPS) is 14.3. The zero-order valence-electron chi connectivity index (χ0n) is 14.1. The Morgan fingerprint density at radius 3 is 2.77 bits per heavy atom. The summed E-state index contributed by atoms with van der Waals surface area (Å²) < 4.78 is 21.0. The lowest BCUT2D eigenvalue weighted by atomic mass is 10.1. The van der Waals surface area contributed by atoms with Crippen LogP contribution in [0.4, 0.5) is 0 Å². The molecule has 3 heterocycles. The number of hydrogen-bond donors (Lipinski definition) is 0. The average Bonchev–Trinajstić information content (AvgIpc) is 3.30. The third-order valence-corrected chi connectivity index (χ3v) is 4.02. The third kappa shape index (κ3) is 3.31. The summed E-state index contributed by atoms with van der Waals surface area (Å²) in [7, 11) is 1.57. The molecule has 0 saturated carbocycles. The number of amides is 1. The number of carbonyl (C=O) groups is 1. The lowest BCUT2D eigenvalue weighted by Gasteiger charge is -2.38. The van der Waals surface area contributed by atoms with Gasteiger partial charge in [-0.3, -0.25) is 4.79 Å². The summed E-state index contributed by atoms with van der Waals surface area (Å²) in [4.78, 5) is 18.0. The Bertz CT molecular complexity index is 867. The highest BCUT2D eigenvalue weighted by molar-refractivity contribution is 5.92. The predicted octanol–water partition coefficient (Wildman–Crippen LogP) is 2.38. The molecule has 0 unspecified atom stereocenters. The number of carbonyl (C=O) groups excluding carboxylic acids is 1. The fourth-order valence-electron chi connectivity index (χ4n) is 2.66. The SMILES string of the molecule is COCc1nc(-c2ccc(OC3CN(C(=O)c4ccco4)C3)cc2)no1. The van der Waals surface area contributed by atoms with Crippen molar-refractivity contribution in [2.24, 2.45) is 0 Å². The number of rotatable bonds is 6. The lowest BCUT2D eigenvalue weighted by Crippen LogP contribution is -2.56. The molecule has 26 heavy (non-hydrogen) atoms. The van der Waals surface area contributed by atoms with Crippen LogP contribution < -0.4 is 4.74 Å². The molecule has 2 aromatic heterocycles. The Labute approximate surface area is 149 Å². The van der Waals surface area contributed by atoms with Gasteiger partial charge in [-0.05, 0) is 36.4 Å². The molecular weight excluding hydrogens is 338 g/mol. The highest BCUT2D eigenvalue weighted by Crippen LogP contribution is 2.23. The van der Waals surface area contributed by atoms with Gasteiger partial charge in [-0.2, -0.15) is 4.98 Å². The number of aromatic nitrogens is 2. The van der Waals surface area contributed by atoms with Crippen LogP contribution in [0.3, 0.4) is 0 Å². The molecule has 3 aromatic rings. The summed E-state index contributed by atoms with van der Waals surface area (Å²) in [6, 6.07) is 10.8. The van der Waals surface area contributed by atoms with Gasteiger partial charge in [0.1, 0.15) is 18.5 Å². The standard InChI is InChI=1S/C18H17N3O5/c1-23-11-16-19-17(20-26-16)12-4-6-13(7-5-12)25-14-9-21(10-14)18(22)15-3-2-8-24-15/h2-8,14H,9-11H2,1H3. The fourth-order valence-corrected chi connectivity index (χ4v) is 2.66. The Kier molecular flexibility index (Phi) is 4.40. The second-order valence-electron chi connectivity index (χ2n) is 5.90. The molecule has 8 nitrogen and oxygen atoms in total. The van der Waals surface area contributed by atoms with E-state index in [0.29, 0.717) is 30.6 Å². The monoisotopic (exact) mass is 355 g/mol. The van der Waals surface area contributed by atoms with E-state index >= 15 is 0 Å². The van der Waals surface area contributed by atoms with Crippen molar-refractivity contribution in [1.82, 2.24) is 15.0 Å².